The molecule has 112 valence electrons. The van der Waals surface area contributed by atoms with Gasteiger partial charge in [-0.2, -0.15) is 0 Å². The molecule has 0 aromatic carbocycles. The van der Waals surface area contributed by atoms with Gasteiger partial charge in [0.2, 0.25) is 0 Å². The lowest BCUT2D eigenvalue weighted by atomic mass is 9.96. The summed E-state index contributed by atoms with van der Waals surface area (Å²) in [6.07, 6.45) is 4.22. The third-order valence-corrected chi connectivity index (χ3v) is 4.72. The van der Waals surface area contributed by atoms with Crippen LogP contribution in [0.1, 0.15) is 33.1 Å². The van der Waals surface area contributed by atoms with E-state index in [1.165, 1.54) is 38.9 Å². The van der Waals surface area contributed by atoms with Crippen LogP contribution in [0.3, 0.4) is 0 Å². The Morgan fingerprint density at radius 1 is 1.32 bits per heavy atom. The minimum Gasteiger partial charge on any atom is -0.383 e. The second-order valence-electron chi connectivity index (χ2n) is 6.24. The van der Waals surface area contributed by atoms with Crippen molar-refractivity contribution in [2.45, 2.75) is 51.2 Å². The van der Waals surface area contributed by atoms with Gasteiger partial charge in [0, 0.05) is 51.4 Å². The molecule has 2 heterocycles. The molecule has 0 aliphatic carbocycles. The Balaban J connectivity index is 1.78. The van der Waals surface area contributed by atoms with Crippen LogP contribution in [0.15, 0.2) is 0 Å². The lowest BCUT2D eigenvalue weighted by Crippen LogP contribution is -2.61. The maximum atomic E-state index is 5.08. The standard InChI is InChI=1S/C15H31N3O/c1-13(10-16-7-9-19-3)18-12-15-6-4-5-8-17(15)11-14(18)2/h13-16H,4-12H2,1-3H3. The first-order valence-electron chi connectivity index (χ1n) is 7.92. The van der Waals surface area contributed by atoms with Crippen LogP contribution in [0, 0.1) is 0 Å². The first kappa shape index (κ1) is 15.2. The van der Waals surface area contributed by atoms with Crippen LogP contribution in [0.25, 0.3) is 0 Å². The summed E-state index contributed by atoms with van der Waals surface area (Å²) < 4.78 is 5.08. The molecule has 0 amide bonds. The number of rotatable bonds is 6. The number of hydrogen-bond donors (Lipinski definition) is 1. The molecule has 2 aliphatic rings. The lowest BCUT2D eigenvalue weighted by molar-refractivity contribution is -0.00391. The highest BCUT2D eigenvalue weighted by Gasteiger charge is 2.34. The fourth-order valence-corrected chi connectivity index (χ4v) is 3.59. The molecule has 2 saturated heterocycles. The average Bonchev–Trinajstić information content (AvgIpc) is 2.42. The summed E-state index contributed by atoms with van der Waals surface area (Å²) in [4.78, 5) is 5.42. The van der Waals surface area contributed by atoms with Crippen molar-refractivity contribution in [3.8, 4) is 0 Å². The fraction of sp³-hybridized carbons (Fsp3) is 1.00. The van der Waals surface area contributed by atoms with Crippen LogP contribution in [-0.2, 0) is 4.74 Å². The van der Waals surface area contributed by atoms with E-state index >= 15 is 0 Å². The highest BCUT2D eigenvalue weighted by molar-refractivity contribution is 4.91. The van der Waals surface area contributed by atoms with E-state index in [-0.39, 0.29) is 0 Å². The first-order valence-corrected chi connectivity index (χ1v) is 7.92. The maximum Gasteiger partial charge on any atom is 0.0587 e. The van der Waals surface area contributed by atoms with E-state index in [4.69, 9.17) is 4.74 Å². The van der Waals surface area contributed by atoms with Crippen LogP contribution >= 0.6 is 0 Å². The van der Waals surface area contributed by atoms with E-state index in [1.54, 1.807) is 7.11 Å². The third-order valence-electron chi connectivity index (χ3n) is 4.72. The predicted octanol–water partition coefficient (Wildman–Crippen LogP) is 1.17. The van der Waals surface area contributed by atoms with Gasteiger partial charge >= 0.3 is 0 Å². The quantitative estimate of drug-likeness (QED) is 0.733. The highest BCUT2D eigenvalue weighted by Crippen LogP contribution is 2.25. The maximum absolute atomic E-state index is 5.08. The Morgan fingerprint density at radius 3 is 2.95 bits per heavy atom. The minimum absolute atomic E-state index is 0.621. The molecule has 2 rings (SSSR count). The molecule has 3 unspecified atom stereocenters. The number of piperidine rings is 1. The smallest absolute Gasteiger partial charge is 0.0587 e. The molecular formula is C15H31N3O. The summed E-state index contributed by atoms with van der Waals surface area (Å²) >= 11 is 0. The number of nitrogens with one attached hydrogen (secondary N) is 1. The Labute approximate surface area is 118 Å². The van der Waals surface area contributed by atoms with Crippen molar-refractivity contribution < 1.29 is 4.74 Å². The Kier molecular flexibility index (Phi) is 6.07. The molecule has 0 radical (unpaired) electrons. The summed E-state index contributed by atoms with van der Waals surface area (Å²) in [6, 6.07) is 2.12. The van der Waals surface area contributed by atoms with Gasteiger partial charge < -0.3 is 10.1 Å². The van der Waals surface area contributed by atoms with Crippen molar-refractivity contribution >= 4 is 0 Å². The molecule has 0 aromatic heterocycles. The lowest BCUT2D eigenvalue weighted by Gasteiger charge is -2.49. The normalized spacial score (nSPS) is 31.1. The van der Waals surface area contributed by atoms with Crippen molar-refractivity contribution in [2.24, 2.45) is 0 Å². The van der Waals surface area contributed by atoms with E-state index < -0.39 is 0 Å². The number of ether oxygens (including phenoxy) is 1. The van der Waals surface area contributed by atoms with E-state index in [0.717, 1.165) is 25.7 Å². The van der Waals surface area contributed by atoms with Crippen molar-refractivity contribution in [2.75, 3.05) is 46.4 Å². The fourth-order valence-electron chi connectivity index (χ4n) is 3.59. The Morgan fingerprint density at radius 2 is 2.16 bits per heavy atom. The molecule has 2 fully saturated rings. The zero-order valence-electron chi connectivity index (χ0n) is 12.9. The Hall–Kier alpha value is -0.160. The highest BCUT2D eigenvalue weighted by atomic mass is 16.5. The summed E-state index contributed by atoms with van der Waals surface area (Å²) in [5.41, 5.74) is 0. The van der Waals surface area contributed by atoms with Crippen molar-refractivity contribution in [3.05, 3.63) is 0 Å². The van der Waals surface area contributed by atoms with Gasteiger partial charge in [-0.25, -0.2) is 0 Å². The van der Waals surface area contributed by atoms with Crippen LogP contribution in [0.2, 0.25) is 0 Å². The molecule has 0 bridgehead atoms. The number of methoxy groups -OCH3 is 1. The molecule has 2 aliphatic heterocycles. The molecule has 0 aromatic rings. The summed E-state index contributed by atoms with van der Waals surface area (Å²) in [5.74, 6) is 0. The van der Waals surface area contributed by atoms with E-state index in [2.05, 4.69) is 29.0 Å². The number of hydrogen-bond acceptors (Lipinski definition) is 4. The Bertz CT molecular complexity index is 262. The number of nitrogens with zero attached hydrogens (tertiary/aromatic N) is 2. The second-order valence-corrected chi connectivity index (χ2v) is 6.24. The second kappa shape index (κ2) is 7.58. The largest absolute Gasteiger partial charge is 0.383 e. The SMILES string of the molecule is COCCNCC(C)N1CC2CCCCN2CC1C. The molecule has 4 nitrogen and oxygen atoms in total. The molecule has 0 saturated carbocycles. The van der Waals surface area contributed by atoms with Gasteiger partial charge in [0.05, 0.1) is 6.61 Å². The van der Waals surface area contributed by atoms with Gasteiger partial charge in [0.25, 0.3) is 0 Å². The van der Waals surface area contributed by atoms with Crippen molar-refractivity contribution in [1.82, 2.24) is 15.1 Å². The zero-order chi connectivity index (χ0) is 13.7. The summed E-state index contributed by atoms with van der Waals surface area (Å²) in [5, 5.41) is 3.50. The van der Waals surface area contributed by atoms with Crippen LogP contribution in [-0.4, -0.2) is 74.4 Å². The molecule has 1 N–H and O–H groups in total. The zero-order valence-corrected chi connectivity index (χ0v) is 12.9. The number of piperazine rings is 1. The average molecular weight is 269 g/mol. The van der Waals surface area contributed by atoms with Crippen LogP contribution in [0.4, 0.5) is 0 Å². The topological polar surface area (TPSA) is 27.7 Å². The predicted molar refractivity (Wildman–Crippen MR) is 79.6 cm³/mol. The van der Waals surface area contributed by atoms with E-state index in [9.17, 15) is 0 Å². The first-order chi connectivity index (χ1) is 9.22. The van der Waals surface area contributed by atoms with Crippen molar-refractivity contribution in [3.63, 3.8) is 0 Å². The van der Waals surface area contributed by atoms with E-state index in [0.29, 0.717) is 12.1 Å². The van der Waals surface area contributed by atoms with Gasteiger partial charge in [-0.15, -0.1) is 0 Å². The number of fused-ring (bicyclic) bond motifs is 1. The third kappa shape index (κ3) is 4.15. The van der Waals surface area contributed by atoms with Crippen molar-refractivity contribution in [1.29, 1.82) is 0 Å². The van der Waals surface area contributed by atoms with Crippen LogP contribution < -0.4 is 5.32 Å². The van der Waals surface area contributed by atoms with Gasteiger partial charge in [-0.3, -0.25) is 9.80 Å². The molecule has 19 heavy (non-hydrogen) atoms. The molecule has 3 atom stereocenters. The van der Waals surface area contributed by atoms with E-state index in [1.807, 2.05) is 0 Å². The summed E-state index contributed by atoms with van der Waals surface area (Å²) in [6.45, 7) is 11.4. The molecular weight excluding hydrogens is 238 g/mol. The molecule has 4 heteroatoms. The molecule has 0 spiro atoms. The van der Waals surface area contributed by atoms with Gasteiger partial charge in [-0.1, -0.05) is 6.42 Å². The van der Waals surface area contributed by atoms with Crippen LogP contribution in [0.5, 0.6) is 0 Å². The minimum atomic E-state index is 0.621. The van der Waals surface area contributed by atoms with Gasteiger partial charge in [0.1, 0.15) is 0 Å². The monoisotopic (exact) mass is 269 g/mol. The summed E-state index contributed by atoms with van der Waals surface area (Å²) in [7, 11) is 1.76. The van der Waals surface area contributed by atoms with Gasteiger partial charge in [0.15, 0.2) is 0 Å². The van der Waals surface area contributed by atoms with Gasteiger partial charge in [-0.05, 0) is 33.2 Å².